The van der Waals surface area contributed by atoms with Crippen LogP contribution in [0.1, 0.15) is 40.3 Å². The molecule has 0 amide bonds. The van der Waals surface area contributed by atoms with Gasteiger partial charge in [0.1, 0.15) is 0 Å². The van der Waals surface area contributed by atoms with Crippen molar-refractivity contribution in [1.29, 1.82) is 0 Å². The Morgan fingerprint density at radius 1 is 1.00 bits per heavy atom. The first kappa shape index (κ1) is 14.3. The molecule has 2 heteroatoms. The lowest BCUT2D eigenvalue weighted by molar-refractivity contribution is 0.241. The Morgan fingerprint density at radius 3 is 2.41 bits per heavy atom. The number of benzene rings is 2. The number of rotatable bonds is 1. The van der Waals surface area contributed by atoms with E-state index in [-0.39, 0.29) is 0 Å². The minimum Gasteiger partial charge on any atom is -0.306 e. The molecule has 1 saturated heterocycles. The maximum Gasteiger partial charge on any atom is 0.0558 e. The molecule has 0 saturated carbocycles. The van der Waals surface area contributed by atoms with Crippen LogP contribution in [0.3, 0.4) is 0 Å². The molecule has 0 aliphatic carbocycles. The zero-order chi connectivity index (χ0) is 15.2. The van der Waals surface area contributed by atoms with E-state index in [1.54, 1.807) is 11.1 Å². The Hall–Kier alpha value is -1.25. The SMILES string of the molecule is Cc1ccc(C2SC3(CCN(C)CC3)c3ccccc32)cc1. The van der Waals surface area contributed by atoms with E-state index < -0.39 is 0 Å². The first-order chi connectivity index (χ1) is 10.7. The third-order valence-corrected chi connectivity index (χ3v) is 7.09. The average Bonchev–Trinajstić information content (AvgIpc) is 2.87. The largest absolute Gasteiger partial charge is 0.306 e. The standard InChI is InChI=1S/C20H23NS/c1-15-7-9-16(10-8-15)19-17-5-3-4-6-18(17)20(22-19)11-13-21(2)14-12-20/h3-10,19H,11-14H2,1-2H3. The number of fused-ring (bicyclic) bond motifs is 2. The van der Waals surface area contributed by atoms with Crippen LogP contribution in [0.2, 0.25) is 0 Å². The molecule has 1 spiro atoms. The molecule has 22 heavy (non-hydrogen) atoms. The fourth-order valence-corrected chi connectivity index (χ4v) is 5.66. The highest BCUT2D eigenvalue weighted by atomic mass is 32.2. The van der Waals surface area contributed by atoms with Gasteiger partial charge >= 0.3 is 0 Å². The van der Waals surface area contributed by atoms with Gasteiger partial charge in [-0.3, -0.25) is 0 Å². The second-order valence-electron chi connectivity index (χ2n) is 6.79. The molecule has 0 bridgehead atoms. The van der Waals surface area contributed by atoms with Crippen molar-refractivity contribution in [1.82, 2.24) is 4.90 Å². The highest BCUT2D eigenvalue weighted by Crippen LogP contribution is 2.61. The molecule has 1 fully saturated rings. The fraction of sp³-hybridized carbons (Fsp3) is 0.400. The number of likely N-dealkylation sites (tertiary alicyclic amines) is 1. The topological polar surface area (TPSA) is 3.24 Å². The number of hydrogen-bond acceptors (Lipinski definition) is 2. The van der Waals surface area contributed by atoms with E-state index in [2.05, 4.69) is 79.2 Å². The summed E-state index contributed by atoms with van der Waals surface area (Å²) < 4.78 is 0.332. The molecule has 1 unspecified atom stereocenters. The van der Waals surface area contributed by atoms with Gasteiger partial charge in [0.15, 0.2) is 0 Å². The smallest absolute Gasteiger partial charge is 0.0558 e. The van der Waals surface area contributed by atoms with Crippen LogP contribution in [-0.4, -0.2) is 25.0 Å². The van der Waals surface area contributed by atoms with E-state index in [0.717, 1.165) is 0 Å². The molecule has 0 N–H and O–H groups in total. The Labute approximate surface area is 137 Å². The summed E-state index contributed by atoms with van der Waals surface area (Å²) in [6.07, 6.45) is 2.54. The first-order valence-corrected chi connectivity index (χ1v) is 9.08. The Balaban J connectivity index is 1.75. The summed E-state index contributed by atoms with van der Waals surface area (Å²) in [5.74, 6) is 0. The quantitative estimate of drug-likeness (QED) is 0.747. The van der Waals surface area contributed by atoms with Crippen molar-refractivity contribution in [3.63, 3.8) is 0 Å². The Morgan fingerprint density at radius 2 is 1.68 bits per heavy atom. The molecule has 2 heterocycles. The van der Waals surface area contributed by atoms with Crippen molar-refractivity contribution < 1.29 is 0 Å². The van der Waals surface area contributed by atoms with Gasteiger partial charge in [0.2, 0.25) is 0 Å². The minimum atomic E-state index is 0.332. The maximum atomic E-state index is 2.47. The lowest BCUT2D eigenvalue weighted by atomic mass is 9.84. The highest BCUT2D eigenvalue weighted by molar-refractivity contribution is 8.01. The summed E-state index contributed by atoms with van der Waals surface area (Å²) in [6.45, 7) is 4.59. The molecule has 2 aromatic carbocycles. The van der Waals surface area contributed by atoms with Gasteiger partial charge in [-0.25, -0.2) is 0 Å². The van der Waals surface area contributed by atoms with Crippen LogP contribution in [0.4, 0.5) is 0 Å². The van der Waals surface area contributed by atoms with E-state index in [4.69, 9.17) is 0 Å². The molecular weight excluding hydrogens is 286 g/mol. The molecule has 1 nitrogen and oxygen atoms in total. The van der Waals surface area contributed by atoms with Crippen molar-refractivity contribution in [3.05, 3.63) is 70.8 Å². The summed E-state index contributed by atoms with van der Waals surface area (Å²) in [7, 11) is 2.25. The van der Waals surface area contributed by atoms with Gasteiger partial charge in [0.25, 0.3) is 0 Å². The molecule has 1 atom stereocenters. The van der Waals surface area contributed by atoms with Gasteiger partial charge in [0, 0.05) is 4.75 Å². The second-order valence-corrected chi connectivity index (χ2v) is 8.28. The van der Waals surface area contributed by atoms with E-state index in [1.165, 1.54) is 37.1 Å². The summed E-state index contributed by atoms with van der Waals surface area (Å²) in [4.78, 5) is 2.47. The monoisotopic (exact) mass is 309 g/mol. The summed E-state index contributed by atoms with van der Waals surface area (Å²) in [5, 5.41) is 0.500. The fourth-order valence-electron chi connectivity index (χ4n) is 3.85. The predicted octanol–water partition coefficient (Wildman–Crippen LogP) is 4.75. The third kappa shape index (κ3) is 2.29. The van der Waals surface area contributed by atoms with Crippen molar-refractivity contribution >= 4 is 11.8 Å². The zero-order valence-electron chi connectivity index (χ0n) is 13.4. The van der Waals surface area contributed by atoms with Gasteiger partial charge in [-0.2, -0.15) is 0 Å². The number of aryl methyl sites for hydroxylation is 1. The molecule has 2 aromatic rings. The summed E-state index contributed by atoms with van der Waals surface area (Å²) in [5.41, 5.74) is 5.94. The molecular formula is C20H23NS. The molecule has 4 rings (SSSR count). The van der Waals surface area contributed by atoms with E-state index in [1.807, 2.05) is 0 Å². The minimum absolute atomic E-state index is 0.332. The van der Waals surface area contributed by atoms with Gasteiger partial charge in [-0.05, 0) is 56.6 Å². The van der Waals surface area contributed by atoms with Crippen LogP contribution in [0.5, 0.6) is 0 Å². The predicted molar refractivity (Wildman–Crippen MR) is 95.5 cm³/mol. The number of nitrogens with zero attached hydrogens (tertiary/aromatic N) is 1. The van der Waals surface area contributed by atoms with Crippen LogP contribution >= 0.6 is 11.8 Å². The van der Waals surface area contributed by atoms with E-state index in [9.17, 15) is 0 Å². The van der Waals surface area contributed by atoms with Gasteiger partial charge in [0.05, 0.1) is 5.25 Å². The Kier molecular flexibility index (Phi) is 3.54. The van der Waals surface area contributed by atoms with E-state index >= 15 is 0 Å². The van der Waals surface area contributed by atoms with Gasteiger partial charge in [-0.15, -0.1) is 11.8 Å². The van der Waals surface area contributed by atoms with Crippen LogP contribution in [0.15, 0.2) is 48.5 Å². The Bertz CT molecular complexity index is 668. The van der Waals surface area contributed by atoms with Crippen molar-refractivity contribution in [2.24, 2.45) is 0 Å². The lowest BCUT2D eigenvalue weighted by Gasteiger charge is -2.38. The average molecular weight is 309 g/mol. The van der Waals surface area contributed by atoms with E-state index in [0.29, 0.717) is 10.00 Å². The van der Waals surface area contributed by atoms with Crippen LogP contribution in [0, 0.1) is 6.92 Å². The highest BCUT2D eigenvalue weighted by Gasteiger charge is 2.45. The maximum absolute atomic E-state index is 2.47. The number of piperidine rings is 1. The van der Waals surface area contributed by atoms with Crippen LogP contribution < -0.4 is 0 Å². The van der Waals surface area contributed by atoms with Crippen LogP contribution in [-0.2, 0) is 4.75 Å². The zero-order valence-corrected chi connectivity index (χ0v) is 14.2. The molecule has 0 aromatic heterocycles. The molecule has 2 aliphatic heterocycles. The third-order valence-electron chi connectivity index (χ3n) is 5.25. The number of thioether (sulfide) groups is 1. The number of hydrogen-bond donors (Lipinski definition) is 0. The van der Waals surface area contributed by atoms with Gasteiger partial charge < -0.3 is 4.90 Å². The lowest BCUT2D eigenvalue weighted by Crippen LogP contribution is -2.37. The normalized spacial score (nSPS) is 23.6. The molecule has 0 radical (unpaired) electrons. The van der Waals surface area contributed by atoms with Crippen LogP contribution in [0.25, 0.3) is 0 Å². The van der Waals surface area contributed by atoms with Crippen molar-refractivity contribution in [3.8, 4) is 0 Å². The second kappa shape index (κ2) is 5.43. The molecule has 2 aliphatic rings. The first-order valence-electron chi connectivity index (χ1n) is 8.20. The van der Waals surface area contributed by atoms with Crippen molar-refractivity contribution in [2.75, 3.05) is 20.1 Å². The summed E-state index contributed by atoms with van der Waals surface area (Å²) in [6, 6.07) is 18.3. The van der Waals surface area contributed by atoms with Crippen molar-refractivity contribution in [2.45, 2.75) is 29.8 Å². The summed E-state index contributed by atoms with van der Waals surface area (Å²) >= 11 is 2.20. The molecule has 114 valence electrons. The van der Waals surface area contributed by atoms with Gasteiger partial charge in [-0.1, -0.05) is 54.1 Å².